The number of hydrogen-bond donors (Lipinski definition) is 1. The lowest BCUT2D eigenvalue weighted by atomic mass is 10.1. The van der Waals surface area contributed by atoms with Gasteiger partial charge in [0.05, 0.1) is 30.3 Å². The molecule has 6 heteroatoms. The van der Waals surface area contributed by atoms with Crippen LogP contribution in [0.1, 0.15) is 37.6 Å². The fourth-order valence-electron chi connectivity index (χ4n) is 2.01. The summed E-state index contributed by atoms with van der Waals surface area (Å²) in [7, 11) is 0. The van der Waals surface area contributed by atoms with E-state index in [1.54, 1.807) is 11.8 Å². The monoisotopic (exact) mass is 293 g/mol. The molecule has 0 fully saturated rings. The summed E-state index contributed by atoms with van der Waals surface area (Å²) in [5.41, 5.74) is 6.11. The molecular formula is C15H20FN3O2. The van der Waals surface area contributed by atoms with E-state index in [4.69, 9.17) is 15.7 Å². The van der Waals surface area contributed by atoms with Gasteiger partial charge < -0.3 is 15.4 Å². The van der Waals surface area contributed by atoms with Crippen LogP contribution in [0, 0.1) is 17.1 Å². The van der Waals surface area contributed by atoms with Gasteiger partial charge in [-0.1, -0.05) is 0 Å². The predicted octanol–water partition coefficient (Wildman–Crippen LogP) is 2.71. The number of carbonyl (C=O) groups is 1. The Morgan fingerprint density at radius 2 is 2.19 bits per heavy atom. The minimum Gasteiger partial charge on any atom is -0.462 e. The van der Waals surface area contributed by atoms with Gasteiger partial charge in [-0.2, -0.15) is 5.26 Å². The van der Waals surface area contributed by atoms with Crippen molar-refractivity contribution in [1.82, 2.24) is 0 Å². The third kappa shape index (κ3) is 4.09. The number of hydrogen-bond acceptors (Lipinski definition) is 5. The Morgan fingerprint density at radius 3 is 2.71 bits per heavy atom. The van der Waals surface area contributed by atoms with Crippen LogP contribution in [0.2, 0.25) is 0 Å². The maximum Gasteiger partial charge on any atom is 0.340 e. The summed E-state index contributed by atoms with van der Waals surface area (Å²) in [4.78, 5) is 13.6. The minimum atomic E-state index is -0.583. The second-order valence-corrected chi connectivity index (χ2v) is 4.81. The van der Waals surface area contributed by atoms with Gasteiger partial charge >= 0.3 is 5.97 Å². The maximum absolute atomic E-state index is 14.2. The number of nitrogens with zero attached hydrogens (tertiary/aromatic N) is 2. The first-order valence-electron chi connectivity index (χ1n) is 6.82. The Labute approximate surface area is 124 Å². The van der Waals surface area contributed by atoms with E-state index in [0.29, 0.717) is 6.54 Å². The highest BCUT2D eigenvalue weighted by Crippen LogP contribution is 2.27. The molecule has 0 aliphatic rings. The van der Waals surface area contributed by atoms with Gasteiger partial charge in [0, 0.05) is 18.3 Å². The van der Waals surface area contributed by atoms with E-state index < -0.39 is 11.8 Å². The van der Waals surface area contributed by atoms with Gasteiger partial charge in [0.15, 0.2) is 0 Å². The molecule has 0 heterocycles. The average Bonchev–Trinajstić information content (AvgIpc) is 2.41. The van der Waals surface area contributed by atoms with Crippen LogP contribution in [0.3, 0.4) is 0 Å². The molecule has 1 aromatic rings. The Hall–Kier alpha value is -2.29. The number of esters is 1. The van der Waals surface area contributed by atoms with Crippen molar-refractivity contribution >= 4 is 17.3 Å². The molecule has 1 rings (SSSR count). The number of carbonyl (C=O) groups excluding carboxylic acids is 1. The highest BCUT2D eigenvalue weighted by atomic mass is 19.1. The van der Waals surface area contributed by atoms with E-state index in [0.717, 1.165) is 6.07 Å². The molecule has 0 radical (unpaired) electrons. The van der Waals surface area contributed by atoms with E-state index in [-0.39, 0.29) is 36.0 Å². The molecule has 0 aliphatic heterocycles. The average molecular weight is 293 g/mol. The molecule has 0 atom stereocenters. The predicted molar refractivity (Wildman–Crippen MR) is 79.5 cm³/mol. The second-order valence-electron chi connectivity index (χ2n) is 4.81. The van der Waals surface area contributed by atoms with E-state index in [1.807, 2.05) is 19.9 Å². The highest BCUT2D eigenvalue weighted by molar-refractivity contribution is 5.96. The van der Waals surface area contributed by atoms with Crippen LogP contribution in [0.5, 0.6) is 0 Å². The quantitative estimate of drug-likeness (QED) is 0.644. The first-order chi connectivity index (χ1) is 9.92. The van der Waals surface area contributed by atoms with Crippen molar-refractivity contribution in [3.05, 3.63) is 23.5 Å². The molecule has 114 valence electrons. The van der Waals surface area contributed by atoms with E-state index in [1.165, 1.54) is 6.07 Å². The van der Waals surface area contributed by atoms with Gasteiger partial charge in [0.1, 0.15) is 5.82 Å². The largest absolute Gasteiger partial charge is 0.462 e. The fourth-order valence-corrected chi connectivity index (χ4v) is 2.01. The minimum absolute atomic E-state index is 0.0217. The van der Waals surface area contributed by atoms with Crippen LogP contribution in [-0.4, -0.2) is 25.2 Å². The van der Waals surface area contributed by atoms with Crippen LogP contribution in [0.4, 0.5) is 15.8 Å². The highest BCUT2D eigenvalue weighted by Gasteiger charge is 2.20. The molecule has 0 amide bonds. The Morgan fingerprint density at radius 1 is 1.52 bits per heavy atom. The van der Waals surface area contributed by atoms with Crippen LogP contribution in [0.15, 0.2) is 12.1 Å². The number of benzene rings is 1. The van der Waals surface area contributed by atoms with Crippen LogP contribution < -0.4 is 10.6 Å². The standard InChI is InChI=1S/C15H20FN3O2/c1-4-21-15(20)11-8-14(12(16)9-13(11)18)19(10(2)3)7-5-6-17/h8-10H,4-5,7,18H2,1-3H3. The zero-order chi connectivity index (χ0) is 16.0. The summed E-state index contributed by atoms with van der Waals surface area (Å²) in [5.74, 6) is -1.10. The van der Waals surface area contributed by atoms with Crippen molar-refractivity contribution in [3.8, 4) is 6.07 Å². The summed E-state index contributed by atoms with van der Waals surface area (Å²) >= 11 is 0. The SMILES string of the molecule is CCOC(=O)c1cc(N(CCC#N)C(C)C)c(F)cc1N. The van der Waals surface area contributed by atoms with E-state index >= 15 is 0 Å². The molecule has 0 bridgehead atoms. The van der Waals surface area contributed by atoms with Gasteiger partial charge in [0.2, 0.25) is 0 Å². The normalized spacial score (nSPS) is 10.3. The summed E-state index contributed by atoms with van der Waals surface area (Å²) in [6.07, 6.45) is 0.261. The Kier molecular flexibility index (Phi) is 5.97. The van der Waals surface area contributed by atoms with Crippen molar-refractivity contribution in [3.63, 3.8) is 0 Å². The van der Waals surface area contributed by atoms with Crippen LogP contribution in [-0.2, 0) is 4.74 Å². The topological polar surface area (TPSA) is 79.3 Å². The fraction of sp³-hybridized carbons (Fsp3) is 0.467. The Balaban J connectivity index is 3.24. The molecule has 0 saturated heterocycles. The summed E-state index contributed by atoms with van der Waals surface area (Å²) < 4.78 is 19.1. The molecule has 21 heavy (non-hydrogen) atoms. The molecule has 0 unspecified atom stereocenters. The number of nitrogen functional groups attached to an aromatic ring is 1. The van der Waals surface area contributed by atoms with Crippen molar-refractivity contribution in [2.75, 3.05) is 23.8 Å². The molecular weight excluding hydrogens is 273 g/mol. The van der Waals surface area contributed by atoms with Crippen molar-refractivity contribution in [2.45, 2.75) is 33.2 Å². The first kappa shape index (κ1) is 16.8. The zero-order valence-electron chi connectivity index (χ0n) is 12.5. The Bertz CT molecular complexity index is 553. The van der Waals surface area contributed by atoms with Gasteiger partial charge in [0.25, 0.3) is 0 Å². The summed E-state index contributed by atoms with van der Waals surface area (Å²) in [5, 5.41) is 8.71. The molecule has 1 aromatic carbocycles. The lowest BCUT2D eigenvalue weighted by molar-refractivity contribution is 0.0527. The molecule has 0 aromatic heterocycles. The molecule has 0 spiro atoms. The second kappa shape index (κ2) is 7.48. The molecule has 0 aliphatic carbocycles. The van der Waals surface area contributed by atoms with Crippen molar-refractivity contribution in [1.29, 1.82) is 5.26 Å². The van der Waals surface area contributed by atoms with Crippen LogP contribution in [0.25, 0.3) is 0 Å². The molecule has 5 nitrogen and oxygen atoms in total. The summed E-state index contributed by atoms with van der Waals surface area (Å²) in [6, 6.07) is 4.51. The number of anilines is 2. The lowest BCUT2D eigenvalue weighted by Gasteiger charge is -2.29. The lowest BCUT2D eigenvalue weighted by Crippen LogP contribution is -2.32. The van der Waals surface area contributed by atoms with Crippen molar-refractivity contribution < 1.29 is 13.9 Å². The van der Waals surface area contributed by atoms with Gasteiger partial charge in [-0.3, -0.25) is 0 Å². The number of ether oxygens (including phenoxy) is 1. The maximum atomic E-state index is 14.2. The van der Waals surface area contributed by atoms with E-state index in [9.17, 15) is 9.18 Å². The number of halogens is 1. The van der Waals surface area contributed by atoms with Gasteiger partial charge in [-0.05, 0) is 32.9 Å². The molecule has 2 N–H and O–H groups in total. The zero-order valence-corrected chi connectivity index (χ0v) is 12.5. The number of nitrogens with two attached hydrogens (primary N) is 1. The number of rotatable bonds is 6. The third-order valence-corrected chi connectivity index (χ3v) is 3.01. The molecule has 0 saturated carbocycles. The first-order valence-corrected chi connectivity index (χ1v) is 6.82. The van der Waals surface area contributed by atoms with Crippen LogP contribution >= 0.6 is 0 Å². The summed E-state index contributed by atoms with van der Waals surface area (Å²) in [6.45, 7) is 6.05. The third-order valence-electron chi connectivity index (χ3n) is 3.01. The van der Waals surface area contributed by atoms with E-state index in [2.05, 4.69) is 0 Å². The number of nitriles is 1. The van der Waals surface area contributed by atoms with Gasteiger partial charge in [-0.15, -0.1) is 0 Å². The van der Waals surface area contributed by atoms with Gasteiger partial charge in [-0.25, -0.2) is 9.18 Å². The van der Waals surface area contributed by atoms with Crippen molar-refractivity contribution in [2.24, 2.45) is 0 Å². The smallest absolute Gasteiger partial charge is 0.340 e.